The minimum atomic E-state index is 0.245. The van der Waals surface area contributed by atoms with Gasteiger partial charge in [0.15, 0.2) is 0 Å². The fourth-order valence-electron chi connectivity index (χ4n) is 8.44. The number of carbonyl (C=O) groups excluding carboxylic acids is 1. The highest BCUT2D eigenvalue weighted by atomic mass is 32.2. The molecule has 5 rings (SSSR count). The Morgan fingerprint density at radius 3 is 2.47 bits per heavy atom. The number of hydrogen-bond donors (Lipinski definition) is 0. The first-order valence-corrected chi connectivity index (χ1v) is 13.2. The molecule has 3 saturated carbocycles. The van der Waals surface area contributed by atoms with Crippen molar-refractivity contribution in [2.24, 2.45) is 34.5 Å². The lowest BCUT2D eigenvalue weighted by molar-refractivity contribution is -0.168. The second kappa shape index (κ2) is 8.23. The van der Waals surface area contributed by atoms with Crippen molar-refractivity contribution in [1.82, 2.24) is 4.90 Å². The third-order valence-corrected chi connectivity index (χ3v) is 10.8. The summed E-state index contributed by atoms with van der Waals surface area (Å²) in [6.45, 7) is 7.49. The minimum Gasteiger partial charge on any atom is -0.490 e. The summed E-state index contributed by atoms with van der Waals surface area (Å²) in [6, 6.07) is 8.77. The van der Waals surface area contributed by atoms with Gasteiger partial charge in [-0.05, 0) is 91.9 Å². The number of hydrogen-bond acceptors (Lipinski definition) is 4. The van der Waals surface area contributed by atoms with Crippen molar-refractivity contribution in [2.45, 2.75) is 82.8 Å². The van der Waals surface area contributed by atoms with Crippen molar-refractivity contribution in [3.63, 3.8) is 0 Å². The number of nitrogens with zero attached hydrogens (tertiary/aromatic N) is 1. The largest absolute Gasteiger partial charge is 0.490 e. The maximum atomic E-state index is 12.5. The zero-order valence-electron chi connectivity index (χ0n) is 20.3. The summed E-state index contributed by atoms with van der Waals surface area (Å²) in [6.07, 6.45) is 8.22. The van der Waals surface area contributed by atoms with E-state index in [4.69, 9.17) is 8.92 Å². The summed E-state index contributed by atoms with van der Waals surface area (Å²) in [7, 11) is 3.75. The monoisotopic (exact) mass is 457 g/mol. The van der Waals surface area contributed by atoms with Crippen molar-refractivity contribution in [1.29, 1.82) is 0 Å². The number of likely N-dealkylation sites (tertiary alicyclic amines) is 1. The summed E-state index contributed by atoms with van der Waals surface area (Å²) in [5.41, 5.74) is 0.518. The quantitative estimate of drug-likeness (QED) is 0.505. The van der Waals surface area contributed by atoms with Gasteiger partial charge in [0.25, 0.3) is 0 Å². The van der Waals surface area contributed by atoms with E-state index in [1.165, 1.54) is 31.3 Å². The number of piperidine rings is 1. The number of benzene rings is 1. The van der Waals surface area contributed by atoms with E-state index in [0.717, 1.165) is 54.1 Å². The molecule has 1 aromatic carbocycles. The molecule has 8 atom stereocenters. The number of amides is 1. The highest BCUT2D eigenvalue weighted by Crippen LogP contribution is 2.66. The van der Waals surface area contributed by atoms with E-state index in [9.17, 15) is 4.79 Å². The number of rotatable bonds is 4. The topological polar surface area (TPSA) is 38.8 Å². The van der Waals surface area contributed by atoms with Crippen LogP contribution in [-0.4, -0.2) is 37.1 Å². The van der Waals surface area contributed by atoms with E-state index in [0.29, 0.717) is 24.0 Å². The Morgan fingerprint density at radius 2 is 1.75 bits per heavy atom. The van der Waals surface area contributed by atoms with Gasteiger partial charge >= 0.3 is 0 Å². The van der Waals surface area contributed by atoms with E-state index in [-0.39, 0.29) is 10.8 Å². The third-order valence-electron chi connectivity index (χ3n) is 10.1. The van der Waals surface area contributed by atoms with E-state index >= 15 is 0 Å². The molecule has 4 aliphatic rings. The summed E-state index contributed by atoms with van der Waals surface area (Å²) < 4.78 is 11.8. The van der Waals surface area contributed by atoms with Crippen molar-refractivity contribution in [2.75, 3.05) is 14.2 Å². The van der Waals surface area contributed by atoms with Gasteiger partial charge < -0.3 is 13.8 Å². The normalized spacial score (nSPS) is 43.4. The highest BCUT2D eigenvalue weighted by molar-refractivity contribution is 7.94. The van der Waals surface area contributed by atoms with Crippen LogP contribution in [0.2, 0.25) is 0 Å². The van der Waals surface area contributed by atoms with E-state index in [1.54, 1.807) is 7.11 Å². The van der Waals surface area contributed by atoms with Crippen LogP contribution in [0.25, 0.3) is 0 Å². The molecule has 4 nitrogen and oxygen atoms in total. The Bertz CT molecular complexity index is 859. The van der Waals surface area contributed by atoms with Gasteiger partial charge in [0, 0.05) is 41.9 Å². The molecule has 0 bridgehead atoms. The maximum absolute atomic E-state index is 12.5. The van der Waals surface area contributed by atoms with Crippen LogP contribution in [0.3, 0.4) is 0 Å². The Balaban J connectivity index is 1.36. The van der Waals surface area contributed by atoms with Crippen LogP contribution < -0.4 is 4.74 Å². The van der Waals surface area contributed by atoms with Gasteiger partial charge in [0.2, 0.25) is 5.91 Å². The van der Waals surface area contributed by atoms with Gasteiger partial charge in [0.1, 0.15) is 11.9 Å². The number of carbonyl (C=O) groups is 1. The second-order valence-electron chi connectivity index (χ2n) is 11.5. The van der Waals surface area contributed by atoms with Crippen molar-refractivity contribution >= 4 is 17.9 Å². The average molecular weight is 458 g/mol. The third kappa shape index (κ3) is 3.41. The fraction of sp³-hybridized carbons (Fsp3) is 0.741. The number of fused-ring (bicyclic) bond motifs is 5. The van der Waals surface area contributed by atoms with Gasteiger partial charge in [-0.15, -0.1) is 0 Å². The summed E-state index contributed by atoms with van der Waals surface area (Å²) in [5, 5.41) is 0. The highest BCUT2D eigenvalue weighted by Gasteiger charge is 2.63. The zero-order chi connectivity index (χ0) is 22.7. The van der Waals surface area contributed by atoms with E-state index < -0.39 is 0 Å². The van der Waals surface area contributed by atoms with Crippen LogP contribution in [0, 0.1) is 34.5 Å². The SMILES string of the molecule is COSc1ccc(OC2CC[C@H]3[C@@H]4C(C)CC5N(C)C(=O)CC[C@]5(C)[C@@H]4CC[C@]23C)cc1. The molecule has 1 aliphatic heterocycles. The van der Waals surface area contributed by atoms with Crippen LogP contribution in [0.4, 0.5) is 0 Å². The fourth-order valence-corrected chi connectivity index (χ4v) is 8.88. The summed E-state index contributed by atoms with van der Waals surface area (Å²) in [5.74, 6) is 4.21. The molecule has 0 N–H and O–H groups in total. The molecule has 1 saturated heterocycles. The Morgan fingerprint density at radius 1 is 1.03 bits per heavy atom. The van der Waals surface area contributed by atoms with Crippen LogP contribution in [0.1, 0.15) is 65.7 Å². The van der Waals surface area contributed by atoms with Crippen LogP contribution in [-0.2, 0) is 8.98 Å². The molecule has 1 amide bonds. The smallest absolute Gasteiger partial charge is 0.222 e. The molecule has 1 heterocycles. The molecule has 0 radical (unpaired) electrons. The molecule has 5 heteroatoms. The summed E-state index contributed by atoms with van der Waals surface area (Å²) >= 11 is 1.39. The maximum Gasteiger partial charge on any atom is 0.222 e. The molecule has 0 spiro atoms. The van der Waals surface area contributed by atoms with Gasteiger partial charge in [-0.25, -0.2) is 0 Å². The average Bonchev–Trinajstić information content (AvgIpc) is 3.10. The second-order valence-corrected chi connectivity index (χ2v) is 12.5. The van der Waals surface area contributed by atoms with Gasteiger partial charge in [0.05, 0.1) is 7.11 Å². The van der Waals surface area contributed by atoms with Crippen LogP contribution >= 0.6 is 12.0 Å². The molecule has 32 heavy (non-hydrogen) atoms. The lowest BCUT2D eigenvalue weighted by atomic mass is 9.45. The molecule has 3 aliphatic carbocycles. The first-order chi connectivity index (χ1) is 15.3. The molecule has 3 unspecified atom stereocenters. The lowest BCUT2D eigenvalue weighted by Gasteiger charge is -2.63. The molecule has 4 fully saturated rings. The van der Waals surface area contributed by atoms with Crippen molar-refractivity contribution in [3.05, 3.63) is 24.3 Å². The predicted molar refractivity (Wildman–Crippen MR) is 128 cm³/mol. The van der Waals surface area contributed by atoms with Crippen LogP contribution in [0.5, 0.6) is 5.75 Å². The first kappa shape index (κ1) is 22.6. The Hall–Kier alpha value is -1.20. The first-order valence-electron chi connectivity index (χ1n) is 12.5. The molecular formula is C27H39NO3S. The predicted octanol–water partition coefficient (Wildman–Crippen LogP) is 6.20. The minimum absolute atomic E-state index is 0.245. The van der Waals surface area contributed by atoms with Gasteiger partial charge in [-0.1, -0.05) is 20.8 Å². The van der Waals surface area contributed by atoms with Gasteiger partial charge in [-0.3, -0.25) is 4.79 Å². The molecule has 176 valence electrons. The number of ether oxygens (including phenoxy) is 1. The summed E-state index contributed by atoms with van der Waals surface area (Å²) in [4.78, 5) is 15.7. The van der Waals surface area contributed by atoms with E-state index in [1.807, 2.05) is 0 Å². The van der Waals surface area contributed by atoms with E-state index in [2.05, 4.69) is 57.0 Å². The lowest BCUT2D eigenvalue weighted by Crippen LogP contribution is -2.63. The molecular weight excluding hydrogens is 418 g/mol. The Kier molecular flexibility index (Phi) is 5.81. The van der Waals surface area contributed by atoms with Crippen LogP contribution in [0.15, 0.2) is 29.2 Å². The zero-order valence-corrected chi connectivity index (χ0v) is 21.1. The van der Waals surface area contributed by atoms with Crippen molar-refractivity contribution < 1.29 is 13.7 Å². The Labute approximate surface area is 198 Å². The standard InChI is InChI=1S/C27H39NO3S/c1-17-16-22-26(2,15-13-24(29)28(22)4)21-12-14-27(3)20(25(17)21)10-11-23(27)31-18-6-8-19(9-7-18)32-30-5/h6-9,17,20-23,25H,10-16H2,1-5H3/t17?,20-,21+,22?,23?,25-,26+,27-/m0/s1. The van der Waals surface area contributed by atoms with Crippen molar-refractivity contribution in [3.8, 4) is 5.75 Å². The molecule has 1 aromatic rings. The van der Waals surface area contributed by atoms with Gasteiger partial charge in [-0.2, -0.15) is 0 Å². The molecule has 0 aromatic heterocycles.